The summed E-state index contributed by atoms with van der Waals surface area (Å²) in [7, 11) is 1.31. The summed E-state index contributed by atoms with van der Waals surface area (Å²) in [5.41, 5.74) is 1.75. The van der Waals surface area contributed by atoms with Crippen molar-refractivity contribution in [1.29, 1.82) is 0 Å². The SMILES string of the molecule is COC(=O)/C=C/c1ccc(OC(=O)CCc2ccc(O)cc2)cc1. The van der Waals surface area contributed by atoms with E-state index < -0.39 is 5.97 Å². The quantitative estimate of drug-likeness (QED) is 0.501. The lowest BCUT2D eigenvalue weighted by Gasteiger charge is -2.05. The molecule has 0 aliphatic carbocycles. The van der Waals surface area contributed by atoms with Crippen LogP contribution >= 0.6 is 0 Å². The number of aryl methyl sites for hydroxylation is 1. The number of aromatic hydroxyl groups is 1. The molecule has 2 aromatic rings. The van der Waals surface area contributed by atoms with Gasteiger partial charge in [-0.25, -0.2) is 4.79 Å². The summed E-state index contributed by atoms with van der Waals surface area (Å²) in [5.74, 6) is -0.121. The van der Waals surface area contributed by atoms with Crippen LogP contribution in [0.25, 0.3) is 6.08 Å². The van der Waals surface area contributed by atoms with E-state index in [2.05, 4.69) is 4.74 Å². The first kappa shape index (κ1) is 17.3. The summed E-state index contributed by atoms with van der Waals surface area (Å²) < 4.78 is 9.77. The highest BCUT2D eigenvalue weighted by Gasteiger charge is 2.06. The predicted octanol–water partition coefficient (Wildman–Crippen LogP) is 3.12. The molecule has 0 fully saturated rings. The molecule has 0 radical (unpaired) electrons. The number of phenols is 1. The highest BCUT2D eigenvalue weighted by molar-refractivity contribution is 5.86. The van der Waals surface area contributed by atoms with Crippen LogP contribution in [0.5, 0.6) is 11.5 Å². The number of hydrogen-bond acceptors (Lipinski definition) is 5. The fraction of sp³-hybridized carbons (Fsp3) is 0.158. The Balaban J connectivity index is 1.84. The monoisotopic (exact) mass is 326 g/mol. The van der Waals surface area contributed by atoms with Gasteiger partial charge in [0.25, 0.3) is 0 Å². The molecule has 5 heteroatoms. The van der Waals surface area contributed by atoms with Crippen molar-refractivity contribution < 1.29 is 24.2 Å². The Hall–Kier alpha value is -3.08. The maximum atomic E-state index is 11.8. The molecule has 0 amide bonds. The molecule has 2 rings (SSSR count). The number of rotatable bonds is 6. The van der Waals surface area contributed by atoms with E-state index >= 15 is 0 Å². The van der Waals surface area contributed by atoms with Crippen molar-refractivity contribution >= 4 is 18.0 Å². The minimum Gasteiger partial charge on any atom is -0.508 e. The molecule has 0 spiro atoms. The van der Waals surface area contributed by atoms with Gasteiger partial charge in [0.2, 0.25) is 0 Å². The molecule has 1 N–H and O–H groups in total. The van der Waals surface area contributed by atoms with Gasteiger partial charge in [-0.3, -0.25) is 4.79 Å². The van der Waals surface area contributed by atoms with Crippen molar-refractivity contribution in [3.05, 3.63) is 65.7 Å². The van der Waals surface area contributed by atoms with Crippen LogP contribution in [0.4, 0.5) is 0 Å². The summed E-state index contributed by atoms with van der Waals surface area (Å²) in [6.07, 6.45) is 3.72. The number of carbonyl (C=O) groups is 2. The predicted molar refractivity (Wildman–Crippen MR) is 89.6 cm³/mol. The number of ether oxygens (including phenoxy) is 2. The fourth-order valence-corrected chi connectivity index (χ4v) is 1.97. The van der Waals surface area contributed by atoms with E-state index in [9.17, 15) is 14.7 Å². The Kier molecular flexibility index (Phi) is 6.14. The van der Waals surface area contributed by atoms with Crippen molar-refractivity contribution in [2.75, 3.05) is 7.11 Å². The first-order valence-electron chi connectivity index (χ1n) is 7.41. The van der Waals surface area contributed by atoms with Gasteiger partial charge in [-0.15, -0.1) is 0 Å². The lowest BCUT2D eigenvalue weighted by molar-refractivity contribution is -0.135. The van der Waals surface area contributed by atoms with Gasteiger partial charge in [-0.05, 0) is 47.9 Å². The third-order valence-electron chi connectivity index (χ3n) is 3.28. The molecule has 0 unspecified atom stereocenters. The largest absolute Gasteiger partial charge is 0.508 e. The molecule has 0 aliphatic rings. The zero-order valence-electron chi connectivity index (χ0n) is 13.3. The molecule has 0 bridgehead atoms. The maximum Gasteiger partial charge on any atom is 0.330 e. The zero-order valence-corrected chi connectivity index (χ0v) is 13.3. The second kappa shape index (κ2) is 8.53. The second-order valence-electron chi connectivity index (χ2n) is 5.07. The van der Waals surface area contributed by atoms with E-state index in [0.717, 1.165) is 11.1 Å². The minimum absolute atomic E-state index is 0.197. The maximum absolute atomic E-state index is 11.8. The van der Waals surface area contributed by atoms with Gasteiger partial charge in [-0.2, -0.15) is 0 Å². The smallest absolute Gasteiger partial charge is 0.330 e. The first-order valence-corrected chi connectivity index (χ1v) is 7.41. The van der Waals surface area contributed by atoms with Crippen molar-refractivity contribution in [2.24, 2.45) is 0 Å². The van der Waals surface area contributed by atoms with Crippen LogP contribution in [0.1, 0.15) is 17.5 Å². The Morgan fingerprint density at radius 3 is 2.33 bits per heavy atom. The van der Waals surface area contributed by atoms with E-state index in [1.54, 1.807) is 54.6 Å². The highest BCUT2D eigenvalue weighted by Crippen LogP contribution is 2.15. The third-order valence-corrected chi connectivity index (χ3v) is 3.28. The molecule has 0 saturated heterocycles. The minimum atomic E-state index is -0.431. The van der Waals surface area contributed by atoms with E-state index in [-0.39, 0.29) is 18.1 Å². The normalized spacial score (nSPS) is 10.5. The molecule has 0 saturated carbocycles. The van der Waals surface area contributed by atoms with Gasteiger partial charge in [-0.1, -0.05) is 24.3 Å². The summed E-state index contributed by atoms with van der Waals surface area (Å²) in [6.45, 7) is 0. The summed E-state index contributed by atoms with van der Waals surface area (Å²) in [4.78, 5) is 22.9. The third kappa shape index (κ3) is 5.61. The van der Waals surface area contributed by atoms with Crippen molar-refractivity contribution in [1.82, 2.24) is 0 Å². The van der Waals surface area contributed by atoms with Gasteiger partial charge < -0.3 is 14.6 Å². The van der Waals surface area contributed by atoms with Gasteiger partial charge in [0.05, 0.1) is 7.11 Å². The molecule has 0 aliphatic heterocycles. The Labute approximate surface area is 140 Å². The molecular formula is C19H18O5. The molecular weight excluding hydrogens is 308 g/mol. The van der Waals surface area contributed by atoms with Crippen LogP contribution < -0.4 is 4.74 Å². The van der Waals surface area contributed by atoms with Crippen molar-refractivity contribution in [3.8, 4) is 11.5 Å². The summed E-state index contributed by atoms with van der Waals surface area (Å²) in [6, 6.07) is 13.5. The van der Waals surface area contributed by atoms with Crippen LogP contribution in [0, 0.1) is 0 Å². The molecule has 5 nitrogen and oxygen atoms in total. The molecule has 0 heterocycles. The van der Waals surface area contributed by atoms with Crippen molar-refractivity contribution in [2.45, 2.75) is 12.8 Å². The summed E-state index contributed by atoms with van der Waals surface area (Å²) >= 11 is 0. The zero-order chi connectivity index (χ0) is 17.4. The number of esters is 2. The molecule has 0 aromatic heterocycles. The van der Waals surface area contributed by atoms with Gasteiger partial charge >= 0.3 is 11.9 Å². The van der Waals surface area contributed by atoms with E-state index in [1.165, 1.54) is 13.2 Å². The van der Waals surface area contributed by atoms with Crippen LogP contribution in [-0.2, 0) is 20.7 Å². The average molecular weight is 326 g/mol. The Morgan fingerprint density at radius 1 is 1.04 bits per heavy atom. The topological polar surface area (TPSA) is 72.8 Å². The average Bonchev–Trinajstić information content (AvgIpc) is 2.60. The van der Waals surface area contributed by atoms with E-state index in [1.807, 2.05) is 0 Å². The molecule has 124 valence electrons. The molecule has 2 aromatic carbocycles. The molecule has 24 heavy (non-hydrogen) atoms. The number of benzene rings is 2. The highest BCUT2D eigenvalue weighted by atomic mass is 16.5. The van der Waals surface area contributed by atoms with Gasteiger partial charge in [0, 0.05) is 12.5 Å². The standard InChI is InChI=1S/C19H18O5/c1-23-18(21)12-6-15-4-10-17(11-5-15)24-19(22)13-7-14-2-8-16(20)9-3-14/h2-6,8-12,20H,7,13H2,1H3/b12-6+. The number of methoxy groups -OCH3 is 1. The van der Waals surface area contributed by atoms with Crippen LogP contribution in [0.2, 0.25) is 0 Å². The lowest BCUT2D eigenvalue weighted by atomic mass is 10.1. The number of phenolic OH excluding ortho intramolecular Hbond substituents is 1. The van der Waals surface area contributed by atoms with E-state index in [4.69, 9.17) is 4.74 Å². The molecule has 0 atom stereocenters. The lowest BCUT2D eigenvalue weighted by Crippen LogP contribution is -2.08. The first-order chi connectivity index (χ1) is 11.6. The van der Waals surface area contributed by atoms with Gasteiger partial charge in [0.15, 0.2) is 0 Å². The number of carbonyl (C=O) groups excluding carboxylic acids is 2. The second-order valence-corrected chi connectivity index (χ2v) is 5.07. The van der Waals surface area contributed by atoms with E-state index in [0.29, 0.717) is 12.2 Å². The Morgan fingerprint density at radius 2 is 1.71 bits per heavy atom. The Bertz CT molecular complexity index is 714. The van der Waals surface area contributed by atoms with Crippen LogP contribution in [0.3, 0.4) is 0 Å². The van der Waals surface area contributed by atoms with Gasteiger partial charge in [0.1, 0.15) is 11.5 Å². The van der Waals surface area contributed by atoms with Crippen LogP contribution in [-0.4, -0.2) is 24.2 Å². The fourth-order valence-electron chi connectivity index (χ4n) is 1.97. The van der Waals surface area contributed by atoms with Crippen LogP contribution in [0.15, 0.2) is 54.6 Å². The van der Waals surface area contributed by atoms with Crippen molar-refractivity contribution in [3.63, 3.8) is 0 Å². The summed E-state index contributed by atoms with van der Waals surface area (Å²) in [5, 5.41) is 9.21. The number of hydrogen-bond donors (Lipinski definition) is 1.